The van der Waals surface area contributed by atoms with E-state index in [-0.39, 0.29) is 6.04 Å². The van der Waals surface area contributed by atoms with E-state index in [0.29, 0.717) is 0 Å². The molecule has 0 spiro atoms. The van der Waals surface area contributed by atoms with E-state index >= 15 is 0 Å². The lowest BCUT2D eigenvalue weighted by Crippen LogP contribution is -2.36. The van der Waals surface area contributed by atoms with Crippen LogP contribution < -0.4 is 0 Å². The number of rotatable bonds is 3. The van der Waals surface area contributed by atoms with Gasteiger partial charge < -0.3 is 5.11 Å². The molecule has 1 N–H and O–H groups in total. The van der Waals surface area contributed by atoms with Crippen molar-refractivity contribution in [3.05, 3.63) is 0 Å². The molecule has 1 atom stereocenters. The van der Waals surface area contributed by atoms with Crippen LogP contribution in [0.4, 0.5) is 0 Å². The van der Waals surface area contributed by atoms with Gasteiger partial charge in [0.05, 0.1) is 0 Å². The van der Waals surface area contributed by atoms with Crippen LogP contribution in [-0.2, 0) is 4.79 Å². The second-order valence-corrected chi connectivity index (χ2v) is 3.03. The molecule has 92 valence electrons. The van der Waals surface area contributed by atoms with Crippen molar-refractivity contribution in [1.29, 1.82) is 0 Å². The van der Waals surface area contributed by atoms with Gasteiger partial charge in [0.1, 0.15) is 6.04 Å². The number of aliphatic carboxylic acids is 1. The first-order valence-corrected chi connectivity index (χ1v) is 6.22. The molecule has 1 heterocycles. The van der Waals surface area contributed by atoms with Gasteiger partial charge in [-0.15, -0.1) is 0 Å². The number of carboxylic acid groups (broad SMARTS) is 1. The van der Waals surface area contributed by atoms with Crippen molar-refractivity contribution >= 4 is 5.97 Å². The van der Waals surface area contributed by atoms with Crippen LogP contribution in [0.1, 0.15) is 53.9 Å². The quantitative estimate of drug-likeness (QED) is 0.790. The summed E-state index contributed by atoms with van der Waals surface area (Å²) in [6.45, 7) is 12.0. The van der Waals surface area contributed by atoms with Gasteiger partial charge in [-0.05, 0) is 32.4 Å². The van der Waals surface area contributed by atoms with Gasteiger partial charge in [0.15, 0.2) is 0 Å². The Hall–Kier alpha value is -0.570. The van der Waals surface area contributed by atoms with Crippen LogP contribution in [0, 0.1) is 0 Å². The molecule has 1 aliphatic heterocycles. The zero-order chi connectivity index (χ0) is 12.3. The van der Waals surface area contributed by atoms with E-state index in [4.69, 9.17) is 5.11 Å². The summed E-state index contributed by atoms with van der Waals surface area (Å²) in [6, 6.07) is -0.199. The van der Waals surface area contributed by atoms with Crippen LogP contribution in [0.25, 0.3) is 0 Å². The zero-order valence-electron chi connectivity index (χ0n) is 10.9. The summed E-state index contributed by atoms with van der Waals surface area (Å²) in [5.74, 6) is -0.657. The fourth-order valence-electron chi connectivity index (χ4n) is 1.66. The molecular weight excluding hydrogens is 190 g/mol. The van der Waals surface area contributed by atoms with Crippen molar-refractivity contribution in [3.63, 3.8) is 0 Å². The molecule has 1 saturated heterocycles. The van der Waals surface area contributed by atoms with Crippen molar-refractivity contribution in [3.8, 4) is 0 Å². The molecule has 0 bridgehead atoms. The van der Waals surface area contributed by atoms with Crippen molar-refractivity contribution < 1.29 is 9.90 Å². The van der Waals surface area contributed by atoms with Crippen LogP contribution in [0.2, 0.25) is 0 Å². The van der Waals surface area contributed by atoms with E-state index in [1.807, 2.05) is 27.7 Å². The topological polar surface area (TPSA) is 40.5 Å². The molecule has 3 heteroatoms. The molecule has 1 rings (SSSR count). The molecule has 1 unspecified atom stereocenters. The molecule has 0 radical (unpaired) electrons. The maximum Gasteiger partial charge on any atom is 0.320 e. The van der Waals surface area contributed by atoms with E-state index in [1.165, 1.54) is 0 Å². The van der Waals surface area contributed by atoms with E-state index in [9.17, 15) is 4.79 Å². The minimum absolute atomic E-state index is 0.199. The summed E-state index contributed by atoms with van der Waals surface area (Å²) in [7, 11) is 0. The predicted molar refractivity (Wildman–Crippen MR) is 65.2 cm³/mol. The van der Waals surface area contributed by atoms with Gasteiger partial charge in [-0.1, -0.05) is 34.6 Å². The number of likely N-dealkylation sites (tertiary alicyclic amines) is 1. The Bertz CT molecular complexity index is 149. The minimum atomic E-state index is -0.657. The van der Waals surface area contributed by atoms with Gasteiger partial charge in [-0.25, -0.2) is 0 Å². The summed E-state index contributed by atoms with van der Waals surface area (Å²) in [6.07, 6.45) is 2.91. The first-order valence-electron chi connectivity index (χ1n) is 6.22. The highest BCUT2D eigenvalue weighted by Crippen LogP contribution is 2.16. The highest BCUT2D eigenvalue weighted by molar-refractivity contribution is 5.73. The standard InChI is InChI=1S/C8H15NO2.2C2H6/c1-2-5-9-6-3-4-7(9)8(10)11;2*1-2/h7H,2-6H2,1H3,(H,10,11);2*1-2H3. The smallest absolute Gasteiger partial charge is 0.320 e. The fourth-order valence-corrected chi connectivity index (χ4v) is 1.66. The van der Waals surface area contributed by atoms with Gasteiger partial charge in [-0.2, -0.15) is 0 Å². The number of carboxylic acids is 1. The Morgan fingerprint density at radius 1 is 1.33 bits per heavy atom. The zero-order valence-corrected chi connectivity index (χ0v) is 10.9. The maximum atomic E-state index is 10.6. The monoisotopic (exact) mass is 217 g/mol. The highest BCUT2D eigenvalue weighted by atomic mass is 16.4. The number of hydrogen-bond acceptors (Lipinski definition) is 2. The second-order valence-electron chi connectivity index (χ2n) is 3.03. The normalized spacial score (nSPS) is 19.7. The second kappa shape index (κ2) is 11.5. The summed E-state index contributed by atoms with van der Waals surface area (Å²) in [5.41, 5.74) is 0. The number of nitrogens with zero attached hydrogens (tertiary/aromatic N) is 1. The lowest BCUT2D eigenvalue weighted by molar-refractivity contribution is -0.142. The molecule has 1 fully saturated rings. The van der Waals surface area contributed by atoms with Gasteiger partial charge in [0.2, 0.25) is 0 Å². The Labute approximate surface area is 94.5 Å². The summed E-state index contributed by atoms with van der Waals surface area (Å²) >= 11 is 0. The summed E-state index contributed by atoms with van der Waals surface area (Å²) < 4.78 is 0. The lowest BCUT2D eigenvalue weighted by atomic mass is 10.2. The lowest BCUT2D eigenvalue weighted by Gasteiger charge is -2.19. The third-order valence-corrected chi connectivity index (χ3v) is 2.16. The maximum absolute atomic E-state index is 10.6. The Kier molecular flexibility index (Phi) is 12.9. The first kappa shape index (κ1) is 16.8. The fraction of sp³-hybridized carbons (Fsp3) is 0.917. The van der Waals surface area contributed by atoms with Crippen molar-refractivity contribution in [2.75, 3.05) is 13.1 Å². The molecule has 0 aromatic carbocycles. The van der Waals surface area contributed by atoms with Crippen LogP contribution in [0.3, 0.4) is 0 Å². The average molecular weight is 217 g/mol. The Morgan fingerprint density at radius 3 is 2.27 bits per heavy atom. The van der Waals surface area contributed by atoms with Crippen LogP contribution in [0.5, 0.6) is 0 Å². The number of hydrogen-bond donors (Lipinski definition) is 1. The summed E-state index contributed by atoms with van der Waals surface area (Å²) in [5, 5.41) is 8.77. The molecule has 0 aromatic rings. The molecule has 0 aromatic heterocycles. The molecule has 0 aliphatic carbocycles. The highest BCUT2D eigenvalue weighted by Gasteiger charge is 2.29. The third-order valence-electron chi connectivity index (χ3n) is 2.16. The van der Waals surface area contributed by atoms with Gasteiger partial charge in [0.25, 0.3) is 0 Å². The summed E-state index contributed by atoms with van der Waals surface area (Å²) in [4.78, 5) is 12.7. The van der Waals surface area contributed by atoms with Crippen LogP contribution >= 0.6 is 0 Å². The molecule has 0 amide bonds. The van der Waals surface area contributed by atoms with Crippen LogP contribution in [0.15, 0.2) is 0 Å². The van der Waals surface area contributed by atoms with E-state index in [2.05, 4.69) is 11.8 Å². The predicted octanol–water partition coefficient (Wildman–Crippen LogP) is 3.00. The van der Waals surface area contributed by atoms with Gasteiger partial charge in [0, 0.05) is 0 Å². The Balaban J connectivity index is 0. The van der Waals surface area contributed by atoms with E-state index < -0.39 is 5.97 Å². The molecule has 1 aliphatic rings. The van der Waals surface area contributed by atoms with E-state index in [0.717, 1.165) is 32.4 Å². The minimum Gasteiger partial charge on any atom is -0.480 e. The molecular formula is C12H27NO2. The first-order chi connectivity index (χ1) is 7.25. The third kappa shape index (κ3) is 6.50. The van der Waals surface area contributed by atoms with Crippen molar-refractivity contribution in [2.24, 2.45) is 0 Å². The SMILES string of the molecule is CC.CC.CCCN1CCCC1C(=O)O. The van der Waals surface area contributed by atoms with Crippen molar-refractivity contribution in [1.82, 2.24) is 4.90 Å². The number of carbonyl (C=O) groups is 1. The largest absolute Gasteiger partial charge is 0.480 e. The van der Waals surface area contributed by atoms with E-state index in [1.54, 1.807) is 0 Å². The van der Waals surface area contributed by atoms with Crippen molar-refractivity contribution in [2.45, 2.75) is 59.9 Å². The molecule has 3 nitrogen and oxygen atoms in total. The average Bonchev–Trinajstić information content (AvgIpc) is 2.73. The van der Waals surface area contributed by atoms with Crippen LogP contribution in [-0.4, -0.2) is 35.1 Å². The van der Waals surface area contributed by atoms with Gasteiger partial charge >= 0.3 is 5.97 Å². The molecule has 15 heavy (non-hydrogen) atoms. The molecule has 0 saturated carbocycles. The Morgan fingerprint density at radius 2 is 1.87 bits per heavy atom. The van der Waals surface area contributed by atoms with Gasteiger partial charge in [-0.3, -0.25) is 9.69 Å².